The first-order chi connectivity index (χ1) is 9.26. The largest absolute Gasteiger partial charge is 0.481 e. The third-order valence-electron chi connectivity index (χ3n) is 3.37. The number of hydrogen-bond acceptors (Lipinski definition) is 2. The molecule has 20 heavy (non-hydrogen) atoms. The fourth-order valence-corrected chi connectivity index (χ4v) is 1.89. The fraction of sp³-hybridized carbons (Fsp3) is 0.385. The standard InChI is InChI=1S/C13H12F3NO3/c14-13(15,16)9-4-2-1-3-8(9)10(18)17-7-12(5-6-12)11(19)20/h1-4H,5-7H2,(H,17,18)(H,19,20). The summed E-state index contributed by atoms with van der Waals surface area (Å²) >= 11 is 0. The summed E-state index contributed by atoms with van der Waals surface area (Å²) in [5.74, 6) is -1.95. The summed E-state index contributed by atoms with van der Waals surface area (Å²) in [6.45, 7) is -0.159. The minimum Gasteiger partial charge on any atom is -0.481 e. The number of alkyl halides is 3. The second-order valence-corrected chi connectivity index (χ2v) is 4.81. The van der Waals surface area contributed by atoms with Crippen LogP contribution in [0.4, 0.5) is 13.2 Å². The predicted octanol–water partition coefficient (Wildman–Crippen LogP) is 2.30. The molecule has 0 saturated heterocycles. The minimum atomic E-state index is -4.63. The number of carbonyl (C=O) groups excluding carboxylic acids is 1. The smallest absolute Gasteiger partial charge is 0.417 e. The Hall–Kier alpha value is -2.05. The summed E-state index contributed by atoms with van der Waals surface area (Å²) in [6.07, 6.45) is -3.79. The quantitative estimate of drug-likeness (QED) is 0.893. The van der Waals surface area contributed by atoms with Gasteiger partial charge in [0.15, 0.2) is 0 Å². The number of benzene rings is 1. The monoisotopic (exact) mass is 287 g/mol. The van der Waals surface area contributed by atoms with Crippen molar-refractivity contribution in [1.29, 1.82) is 0 Å². The third kappa shape index (κ3) is 2.76. The number of nitrogens with one attached hydrogen (secondary N) is 1. The normalized spacial score (nSPS) is 16.6. The Morgan fingerprint density at radius 3 is 2.35 bits per heavy atom. The van der Waals surface area contributed by atoms with Gasteiger partial charge in [-0.25, -0.2) is 0 Å². The molecule has 1 fully saturated rings. The Kier molecular flexibility index (Phi) is 3.45. The maximum Gasteiger partial charge on any atom is 0.417 e. The van der Waals surface area contributed by atoms with Crippen LogP contribution in [0.3, 0.4) is 0 Å². The van der Waals surface area contributed by atoms with Gasteiger partial charge in [0, 0.05) is 6.54 Å². The van der Waals surface area contributed by atoms with Crippen molar-refractivity contribution in [2.24, 2.45) is 5.41 Å². The van der Waals surface area contributed by atoms with Crippen LogP contribution in [0.5, 0.6) is 0 Å². The molecular weight excluding hydrogens is 275 g/mol. The van der Waals surface area contributed by atoms with Crippen LogP contribution >= 0.6 is 0 Å². The van der Waals surface area contributed by atoms with Crippen molar-refractivity contribution >= 4 is 11.9 Å². The zero-order valence-corrected chi connectivity index (χ0v) is 10.3. The Balaban J connectivity index is 2.13. The molecule has 0 radical (unpaired) electrons. The van der Waals surface area contributed by atoms with E-state index in [-0.39, 0.29) is 6.54 Å². The number of rotatable bonds is 4. The molecule has 1 aliphatic rings. The number of carbonyl (C=O) groups is 2. The molecule has 0 heterocycles. The van der Waals surface area contributed by atoms with Crippen molar-refractivity contribution in [1.82, 2.24) is 5.32 Å². The van der Waals surface area contributed by atoms with Crippen LogP contribution in [0.1, 0.15) is 28.8 Å². The summed E-state index contributed by atoms with van der Waals surface area (Å²) in [5, 5.41) is 11.2. The summed E-state index contributed by atoms with van der Waals surface area (Å²) in [5.41, 5.74) is -2.54. The first-order valence-corrected chi connectivity index (χ1v) is 5.94. The van der Waals surface area contributed by atoms with Crippen LogP contribution < -0.4 is 5.32 Å². The number of hydrogen-bond donors (Lipinski definition) is 2. The molecule has 2 N–H and O–H groups in total. The lowest BCUT2D eigenvalue weighted by Crippen LogP contribution is -2.35. The third-order valence-corrected chi connectivity index (χ3v) is 3.37. The molecular formula is C13H12F3NO3. The number of carboxylic acids is 1. The molecule has 0 aromatic heterocycles. The van der Waals surface area contributed by atoms with Gasteiger partial charge in [0.05, 0.1) is 16.5 Å². The number of aliphatic carboxylic acids is 1. The zero-order chi connectivity index (χ0) is 15.0. The average molecular weight is 287 g/mol. The van der Waals surface area contributed by atoms with Crippen LogP contribution in [0.15, 0.2) is 24.3 Å². The van der Waals surface area contributed by atoms with Crippen LogP contribution in [-0.2, 0) is 11.0 Å². The maximum atomic E-state index is 12.7. The highest BCUT2D eigenvalue weighted by Crippen LogP contribution is 2.45. The molecule has 1 amide bonds. The highest BCUT2D eigenvalue weighted by molar-refractivity contribution is 5.96. The van der Waals surface area contributed by atoms with E-state index in [4.69, 9.17) is 5.11 Å². The lowest BCUT2D eigenvalue weighted by Gasteiger charge is -2.14. The van der Waals surface area contributed by atoms with Gasteiger partial charge in [-0.15, -0.1) is 0 Å². The Morgan fingerprint density at radius 1 is 1.25 bits per heavy atom. The Bertz CT molecular complexity index is 550. The fourth-order valence-electron chi connectivity index (χ4n) is 1.89. The average Bonchev–Trinajstić information content (AvgIpc) is 3.16. The highest BCUT2D eigenvalue weighted by atomic mass is 19.4. The summed E-state index contributed by atoms with van der Waals surface area (Å²) in [4.78, 5) is 22.7. The maximum absolute atomic E-state index is 12.7. The van der Waals surface area contributed by atoms with Gasteiger partial charge in [-0.3, -0.25) is 9.59 Å². The molecule has 0 bridgehead atoms. The van der Waals surface area contributed by atoms with Crippen LogP contribution in [0, 0.1) is 5.41 Å². The second kappa shape index (κ2) is 4.81. The van der Waals surface area contributed by atoms with E-state index in [0.717, 1.165) is 12.1 Å². The van der Waals surface area contributed by atoms with Crippen LogP contribution in [0.2, 0.25) is 0 Å². The molecule has 0 atom stereocenters. The first-order valence-electron chi connectivity index (χ1n) is 5.94. The molecule has 1 aromatic rings. The lowest BCUT2D eigenvalue weighted by atomic mass is 10.0. The van der Waals surface area contributed by atoms with Gasteiger partial charge in [0.25, 0.3) is 5.91 Å². The number of amides is 1. The molecule has 0 unspecified atom stereocenters. The van der Waals surface area contributed by atoms with Crippen molar-refractivity contribution < 1.29 is 27.9 Å². The molecule has 1 aliphatic carbocycles. The lowest BCUT2D eigenvalue weighted by molar-refractivity contribution is -0.143. The number of halogens is 3. The minimum absolute atomic E-state index is 0.159. The Morgan fingerprint density at radius 2 is 1.85 bits per heavy atom. The summed E-state index contributed by atoms with van der Waals surface area (Å²) in [6, 6.07) is 4.41. The second-order valence-electron chi connectivity index (χ2n) is 4.81. The Labute approximate surface area is 112 Å². The van der Waals surface area contributed by atoms with Gasteiger partial charge in [0.2, 0.25) is 0 Å². The van der Waals surface area contributed by atoms with Crippen molar-refractivity contribution in [3.05, 3.63) is 35.4 Å². The van der Waals surface area contributed by atoms with Gasteiger partial charge in [0.1, 0.15) is 0 Å². The predicted molar refractivity (Wildman–Crippen MR) is 63.1 cm³/mol. The topological polar surface area (TPSA) is 66.4 Å². The van der Waals surface area contributed by atoms with E-state index in [2.05, 4.69) is 5.32 Å². The van der Waals surface area contributed by atoms with Crippen molar-refractivity contribution in [2.75, 3.05) is 6.54 Å². The van der Waals surface area contributed by atoms with Crippen molar-refractivity contribution in [3.63, 3.8) is 0 Å². The van der Waals surface area contributed by atoms with Crippen LogP contribution in [-0.4, -0.2) is 23.5 Å². The van der Waals surface area contributed by atoms with E-state index in [0.29, 0.717) is 12.8 Å². The number of carboxylic acid groups (broad SMARTS) is 1. The highest BCUT2D eigenvalue weighted by Gasteiger charge is 2.50. The first kappa shape index (κ1) is 14.4. The molecule has 108 valence electrons. The molecule has 0 aliphatic heterocycles. The van der Waals surface area contributed by atoms with Gasteiger partial charge in [-0.05, 0) is 25.0 Å². The van der Waals surface area contributed by atoms with E-state index < -0.39 is 34.6 Å². The molecule has 0 spiro atoms. The molecule has 1 saturated carbocycles. The van der Waals surface area contributed by atoms with Crippen molar-refractivity contribution in [3.8, 4) is 0 Å². The van der Waals surface area contributed by atoms with Crippen LogP contribution in [0.25, 0.3) is 0 Å². The SMILES string of the molecule is O=C(NCC1(C(=O)O)CC1)c1ccccc1C(F)(F)F. The van der Waals surface area contributed by atoms with Crippen molar-refractivity contribution in [2.45, 2.75) is 19.0 Å². The van der Waals surface area contributed by atoms with E-state index in [1.165, 1.54) is 12.1 Å². The van der Waals surface area contributed by atoms with E-state index in [1.54, 1.807) is 0 Å². The zero-order valence-electron chi connectivity index (χ0n) is 10.3. The van der Waals surface area contributed by atoms with Gasteiger partial charge in [-0.1, -0.05) is 12.1 Å². The summed E-state index contributed by atoms with van der Waals surface area (Å²) < 4.78 is 38.2. The summed E-state index contributed by atoms with van der Waals surface area (Å²) in [7, 11) is 0. The van der Waals surface area contributed by atoms with E-state index in [9.17, 15) is 22.8 Å². The van der Waals surface area contributed by atoms with E-state index in [1.807, 2.05) is 0 Å². The van der Waals surface area contributed by atoms with Gasteiger partial charge < -0.3 is 10.4 Å². The molecule has 1 aromatic carbocycles. The van der Waals surface area contributed by atoms with E-state index >= 15 is 0 Å². The van der Waals surface area contributed by atoms with Gasteiger partial charge >= 0.3 is 12.1 Å². The molecule has 7 heteroatoms. The molecule has 2 rings (SSSR count). The molecule has 4 nitrogen and oxygen atoms in total. The van der Waals surface area contributed by atoms with Gasteiger partial charge in [-0.2, -0.15) is 13.2 Å².